The van der Waals surface area contributed by atoms with Crippen molar-refractivity contribution in [2.24, 2.45) is 0 Å². The number of sulfonamides is 1. The first-order valence-corrected chi connectivity index (χ1v) is 13.6. The fourth-order valence-corrected chi connectivity index (χ4v) is 5.19. The molecular weight excluding hydrogens is 479 g/mol. The largest absolute Gasteiger partial charge is 0.416 e. The number of hydrogen-bond acceptors (Lipinski definition) is 4. The van der Waals surface area contributed by atoms with Gasteiger partial charge in [0.05, 0.1) is 17.5 Å². The van der Waals surface area contributed by atoms with Crippen molar-refractivity contribution in [3.8, 4) is 0 Å². The van der Waals surface area contributed by atoms with E-state index in [4.69, 9.17) is 0 Å². The monoisotopic (exact) mass is 511 g/mol. The zero-order valence-corrected chi connectivity index (χ0v) is 20.7. The van der Waals surface area contributed by atoms with Gasteiger partial charge >= 0.3 is 6.18 Å². The van der Waals surface area contributed by atoms with Crippen LogP contribution in [0.25, 0.3) is 0 Å². The molecule has 0 aromatic heterocycles. The van der Waals surface area contributed by atoms with Gasteiger partial charge in [-0.3, -0.25) is 14.0 Å². The minimum absolute atomic E-state index is 0.0548. The SMILES string of the molecule is CS(=O)(=O)N(CCCC(=O)NCc1ccccc1CN1CCCCC1)c1cccc(C(F)(F)F)c1. The Balaban J connectivity index is 1.55. The van der Waals surface area contributed by atoms with E-state index in [1.54, 1.807) is 0 Å². The molecule has 1 amide bonds. The Kier molecular flexibility index (Phi) is 9.18. The van der Waals surface area contributed by atoms with Gasteiger partial charge in [0.2, 0.25) is 15.9 Å². The summed E-state index contributed by atoms with van der Waals surface area (Å²) in [6.45, 7) is 3.25. The van der Waals surface area contributed by atoms with Gasteiger partial charge < -0.3 is 5.32 Å². The predicted molar refractivity (Wildman–Crippen MR) is 130 cm³/mol. The summed E-state index contributed by atoms with van der Waals surface area (Å²) in [6, 6.07) is 12.1. The average Bonchev–Trinajstić information content (AvgIpc) is 2.81. The second kappa shape index (κ2) is 11.9. The first kappa shape index (κ1) is 27.0. The van der Waals surface area contributed by atoms with Crippen molar-refractivity contribution in [1.29, 1.82) is 0 Å². The number of carbonyl (C=O) groups is 1. The summed E-state index contributed by atoms with van der Waals surface area (Å²) in [5.41, 5.74) is 1.20. The van der Waals surface area contributed by atoms with E-state index >= 15 is 0 Å². The van der Waals surface area contributed by atoms with Crippen molar-refractivity contribution < 1.29 is 26.4 Å². The van der Waals surface area contributed by atoms with Gasteiger partial charge in [-0.25, -0.2) is 8.42 Å². The summed E-state index contributed by atoms with van der Waals surface area (Å²) in [5, 5.41) is 2.88. The summed E-state index contributed by atoms with van der Waals surface area (Å²) in [5.74, 6) is -0.240. The lowest BCUT2D eigenvalue weighted by atomic mass is 10.0. The Morgan fingerprint density at radius 2 is 1.71 bits per heavy atom. The van der Waals surface area contributed by atoms with Crippen LogP contribution in [-0.2, 0) is 34.1 Å². The first-order valence-electron chi connectivity index (χ1n) is 11.7. The maximum atomic E-state index is 13.0. The van der Waals surface area contributed by atoms with E-state index in [2.05, 4.69) is 16.3 Å². The van der Waals surface area contributed by atoms with Crippen molar-refractivity contribution in [2.75, 3.05) is 30.2 Å². The third-order valence-corrected chi connectivity index (χ3v) is 7.26. The second-order valence-electron chi connectivity index (χ2n) is 8.87. The second-order valence-corrected chi connectivity index (χ2v) is 10.8. The third-order valence-electron chi connectivity index (χ3n) is 6.06. The number of piperidine rings is 1. The molecule has 1 aliphatic heterocycles. The predicted octanol–water partition coefficient (Wildman–Crippen LogP) is 4.55. The molecule has 3 rings (SSSR count). The topological polar surface area (TPSA) is 69.7 Å². The van der Waals surface area contributed by atoms with Crippen molar-refractivity contribution in [3.05, 3.63) is 65.2 Å². The zero-order valence-electron chi connectivity index (χ0n) is 19.9. The van der Waals surface area contributed by atoms with Gasteiger partial charge in [0, 0.05) is 26.1 Å². The normalized spacial score (nSPS) is 15.1. The maximum Gasteiger partial charge on any atom is 0.416 e. The number of alkyl halides is 3. The summed E-state index contributed by atoms with van der Waals surface area (Å²) >= 11 is 0. The molecule has 6 nitrogen and oxygen atoms in total. The molecule has 1 heterocycles. The Morgan fingerprint density at radius 1 is 1.03 bits per heavy atom. The number of benzene rings is 2. The van der Waals surface area contributed by atoms with Crippen LogP contribution >= 0.6 is 0 Å². The Morgan fingerprint density at radius 3 is 2.37 bits per heavy atom. The number of carbonyl (C=O) groups excluding carboxylic acids is 1. The number of rotatable bonds is 10. The highest BCUT2D eigenvalue weighted by Crippen LogP contribution is 2.32. The van der Waals surface area contributed by atoms with Crippen molar-refractivity contribution in [1.82, 2.24) is 10.2 Å². The van der Waals surface area contributed by atoms with Crippen LogP contribution in [0.5, 0.6) is 0 Å². The maximum absolute atomic E-state index is 13.0. The van der Waals surface area contributed by atoms with Gasteiger partial charge in [0.25, 0.3) is 0 Å². The summed E-state index contributed by atoms with van der Waals surface area (Å²) in [7, 11) is -3.82. The highest BCUT2D eigenvalue weighted by atomic mass is 32.2. The quantitative estimate of drug-likeness (QED) is 0.508. The molecule has 2 aromatic rings. The molecule has 192 valence electrons. The molecule has 0 radical (unpaired) electrons. The van der Waals surface area contributed by atoms with E-state index in [0.29, 0.717) is 6.54 Å². The number of anilines is 1. The van der Waals surface area contributed by atoms with E-state index in [-0.39, 0.29) is 31.0 Å². The molecular formula is C25H32F3N3O3S. The zero-order chi connectivity index (χ0) is 25.5. The van der Waals surface area contributed by atoms with Crippen LogP contribution in [0.4, 0.5) is 18.9 Å². The molecule has 0 spiro atoms. The lowest BCUT2D eigenvalue weighted by molar-refractivity contribution is -0.137. The molecule has 10 heteroatoms. The van der Waals surface area contributed by atoms with Gasteiger partial charge in [-0.1, -0.05) is 36.8 Å². The van der Waals surface area contributed by atoms with Crippen LogP contribution in [0.3, 0.4) is 0 Å². The van der Waals surface area contributed by atoms with Crippen molar-refractivity contribution >= 4 is 21.6 Å². The Hall–Kier alpha value is -2.59. The molecule has 0 aliphatic carbocycles. The first-order chi connectivity index (χ1) is 16.5. The lowest BCUT2D eigenvalue weighted by Crippen LogP contribution is -2.32. The number of amides is 1. The molecule has 2 aromatic carbocycles. The molecule has 35 heavy (non-hydrogen) atoms. The molecule has 1 aliphatic rings. The van der Waals surface area contributed by atoms with Crippen LogP contribution in [0.1, 0.15) is 48.8 Å². The van der Waals surface area contributed by atoms with Crippen LogP contribution in [0.15, 0.2) is 48.5 Å². The molecule has 0 atom stereocenters. The van der Waals surface area contributed by atoms with E-state index in [1.807, 2.05) is 18.2 Å². The van der Waals surface area contributed by atoms with E-state index < -0.39 is 21.8 Å². The molecule has 1 saturated heterocycles. The fraction of sp³-hybridized carbons (Fsp3) is 0.480. The van der Waals surface area contributed by atoms with Gasteiger partial charge in [-0.15, -0.1) is 0 Å². The summed E-state index contributed by atoms with van der Waals surface area (Å²) < 4.78 is 64.5. The number of hydrogen-bond donors (Lipinski definition) is 1. The highest BCUT2D eigenvalue weighted by Gasteiger charge is 2.31. The van der Waals surface area contributed by atoms with Crippen molar-refractivity contribution in [3.63, 3.8) is 0 Å². The van der Waals surface area contributed by atoms with E-state index in [9.17, 15) is 26.4 Å². The number of likely N-dealkylation sites (tertiary alicyclic amines) is 1. The molecule has 1 fully saturated rings. The summed E-state index contributed by atoms with van der Waals surface area (Å²) in [4.78, 5) is 14.8. The third kappa shape index (κ3) is 8.24. The molecule has 1 N–H and O–H groups in total. The Labute approximate surface area is 205 Å². The van der Waals surface area contributed by atoms with Crippen LogP contribution in [0.2, 0.25) is 0 Å². The molecule has 0 bridgehead atoms. The molecule has 0 saturated carbocycles. The molecule has 0 unspecified atom stereocenters. The van der Waals surface area contributed by atoms with Crippen molar-refractivity contribution in [2.45, 2.75) is 51.4 Å². The fourth-order valence-electron chi connectivity index (χ4n) is 4.23. The lowest BCUT2D eigenvalue weighted by Gasteiger charge is -2.27. The number of nitrogens with zero attached hydrogens (tertiary/aromatic N) is 2. The Bertz CT molecular complexity index is 1100. The van der Waals surface area contributed by atoms with Crippen LogP contribution in [0, 0.1) is 0 Å². The smallest absolute Gasteiger partial charge is 0.352 e. The van der Waals surface area contributed by atoms with Crippen LogP contribution in [-0.4, -0.2) is 45.1 Å². The van der Waals surface area contributed by atoms with E-state index in [0.717, 1.165) is 47.9 Å². The van der Waals surface area contributed by atoms with Gasteiger partial charge in [-0.05, 0) is 61.7 Å². The van der Waals surface area contributed by atoms with E-state index in [1.165, 1.54) is 37.0 Å². The standard InChI is InChI=1S/C25H32F3N3O3S/c1-35(33,34)31(23-12-7-11-22(17-23)25(26,27)28)16-8-13-24(32)29-18-20-9-3-4-10-21(20)19-30-14-5-2-6-15-30/h3-4,7,9-12,17H,2,5-6,8,13-16,18-19H2,1H3,(H,29,32). The minimum atomic E-state index is -4.58. The number of nitrogens with one attached hydrogen (secondary N) is 1. The number of halogens is 3. The minimum Gasteiger partial charge on any atom is -0.352 e. The van der Waals surface area contributed by atoms with Crippen LogP contribution < -0.4 is 9.62 Å². The average molecular weight is 512 g/mol. The van der Waals surface area contributed by atoms with Gasteiger partial charge in [0.1, 0.15) is 0 Å². The van der Waals surface area contributed by atoms with Gasteiger partial charge in [0.15, 0.2) is 0 Å². The van der Waals surface area contributed by atoms with Gasteiger partial charge in [-0.2, -0.15) is 13.2 Å². The summed E-state index contributed by atoms with van der Waals surface area (Å²) in [6.07, 6.45) is 0.242. The highest BCUT2D eigenvalue weighted by molar-refractivity contribution is 7.92.